The van der Waals surface area contributed by atoms with Gasteiger partial charge < -0.3 is 10.1 Å². The van der Waals surface area contributed by atoms with Crippen molar-refractivity contribution in [3.8, 4) is 5.75 Å². The first-order valence-electron chi connectivity index (χ1n) is 5.67. The van der Waals surface area contributed by atoms with Gasteiger partial charge in [0.25, 0.3) is 0 Å². The summed E-state index contributed by atoms with van der Waals surface area (Å²) in [6, 6.07) is 8.90. The van der Waals surface area contributed by atoms with Gasteiger partial charge in [0.05, 0.1) is 6.61 Å². The highest BCUT2D eigenvalue weighted by Gasteiger charge is 1.96. The molecular weight excluding hydrogens is 186 g/mol. The second-order valence-corrected chi connectivity index (χ2v) is 3.94. The molecule has 0 unspecified atom stereocenters. The maximum absolute atomic E-state index is 5.39. The topological polar surface area (TPSA) is 21.3 Å². The van der Waals surface area contributed by atoms with Crippen LogP contribution in [0.5, 0.6) is 5.75 Å². The van der Waals surface area contributed by atoms with Crippen LogP contribution in [0.3, 0.4) is 0 Å². The molecule has 0 saturated heterocycles. The summed E-state index contributed by atoms with van der Waals surface area (Å²) in [6.07, 6.45) is 1.07. The summed E-state index contributed by atoms with van der Waals surface area (Å²) < 4.78 is 5.39. The first-order chi connectivity index (χ1) is 7.22. The molecule has 84 valence electrons. The van der Waals surface area contributed by atoms with Gasteiger partial charge in [0.15, 0.2) is 0 Å². The van der Waals surface area contributed by atoms with Crippen LogP contribution in [-0.4, -0.2) is 19.2 Å². The van der Waals surface area contributed by atoms with Crippen molar-refractivity contribution in [2.45, 2.75) is 33.2 Å². The van der Waals surface area contributed by atoms with E-state index in [0.29, 0.717) is 6.04 Å². The molecule has 1 aromatic carbocycles. The number of ether oxygens (including phenoxy) is 1. The molecule has 2 heteroatoms. The van der Waals surface area contributed by atoms with E-state index < -0.39 is 0 Å². The molecule has 15 heavy (non-hydrogen) atoms. The summed E-state index contributed by atoms with van der Waals surface area (Å²) in [7, 11) is 0. The summed E-state index contributed by atoms with van der Waals surface area (Å²) in [5, 5.41) is 3.40. The first kappa shape index (κ1) is 12.1. The van der Waals surface area contributed by atoms with Gasteiger partial charge >= 0.3 is 0 Å². The number of hydrogen-bond acceptors (Lipinski definition) is 2. The fraction of sp³-hybridized carbons (Fsp3) is 0.538. The highest BCUT2D eigenvalue weighted by atomic mass is 16.5. The molecule has 0 bridgehead atoms. The van der Waals surface area contributed by atoms with Gasteiger partial charge in [-0.15, -0.1) is 0 Å². The van der Waals surface area contributed by atoms with Crippen molar-refractivity contribution in [3.05, 3.63) is 29.8 Å². The zero-order valence-electron chi connectivity index (χ0n) is 9.92. The van der Waals surface area contributed by atoms with Crippen LogP contribution >= 0.6 is 0 Å². The highest BCUT2D eigenvalue weighted by molar-refractivity contribution is 5.27. The highest BCUT2D eigenvalue weighted by Crippen LogP contribution is 2.12. The molecule has 1 N–H and O–H groups in total. The zero-order valence-corrected chi connectivity index (χ0v) is 9.92. The molecule has 1 rings (SSSR count). The molecule has 0 amide bonds. The molecule has 0 aliphatic carbocycles. The maximum atomic E-state index is 5.39. The van der Waals surface area contributed by atoms with Gasteiger partial charge in [0.2, 0.25) is 0 Å². The molecule has 0 fully saturated rings. The lowest BCUT2D eigenvalue weighted by Crippen LogP contribution is -2.24. The van der Waals surface area contributed by atoms with Gasteiger partial charge in [-0.05, 0) is 37.6 Å². The van der Waals surface area contributed by atoms with E-state index in [1.54, 1.807) is 0 Å². The average Bonchev–Trinajstić information content (AvgIpc) is 2.20. The number of rotatable bonds is 6. The Morgan fingerprint density at radius 2 is 1.87 bits per heavy atom. The lowest BCUT2D eigenvalue weighted by Gasteiger charge is -2.08. The molecule has 0 aliphatic rings. The van der Waals surface area contributed by atoms with Crippen LogP contribution in [0.2, 0.25) is 0 Å². The Bertz CT molecular complexity index is 266. The van der Waals surface area contributed by atoms with Crippen LogP contribution in [0.15, 0.2) is 24.3 Å². The van der Waals surface area contributed by atoms with Gasteiger partial charge in [-0.25, -0.2) is 0 Å². The summed E-state index contributed by atoms with van der Waals surface area (Å²) >= 11 is 0. The van der Waals surface area contributed by atoms with Gasteiger partial charge in [-0.3, -0.25) is 0 Å². The van der Waals surface area contributed by atoms with Gasteiger partial charge in [0, 0.05) is 6.04 Å². The zero-order chi connectivity index (χ0) is 11.1. The SMILES string of the molecule is CCOc1ccc(CCNC(C)C)cc1. The molecule has 0 atom stereocenters. The Balaban J connectivity index is 2.36. The lowest BCUT2D eigenvalue weighted by molar-refractivity contribution is 0.340. The van der Waals surface area contributed by atoms with Gasteiger partial charge in [0.1, 0.15) is 5.75 Å². The Hall–Kier alpha value is -1.02. The smallest absolute Gasteiger partial charge is 0.119 e. The molecule has 0 saturated carbocycles. The van der Waals surface area contributed by atoms with Crippen LogP contribution < -0.4 is 10.1 Å². The molecule has 0 heterocycles. The van der Waals surface area contributed by atoms with Gasteiger partial charge in [-0.2, -0.15) is 0 Å². The number of hydrogen-bond donors (Lipinski definition) is 1. The van der Waals surface area contributed by atoms with E-state index in [1.165, 1.54) is 5.56 Å². The molecule has 0 aliphatic heterocycles. The van der Waals surface area contributed by atoms with Crippen LogP contribution in [-0.2, 0) is 6.42 Å². The van der Waals surface area contributed by atoms with Crippen molar-refractivity contribution < 1.29 is 4.74 Å². The van der Waals surface area contributed by atoms with Crippen LogP contribution in [0.1, 0.15) is 26.3 Å². The van der Waals surface area contributed by atoms with Crippen LogP contribution in [0.4, 0.5) is 0 Å². The molecular formula is C13H21NO. The van der Waals surface area contributed by atoms with Crippen LogP contribution in [0.25, 0.3) is 0 Å². The normalized spacial score (nSPS) is 10.7. The van der Waals surface area contributed by atoms with Gasteiger partial charge in [-0.1, -0.05) is 26.0 Å². The van der Waals surface area contributed by atoms with Crippen molar-refractivity contribution in [1.82, 2.24) is 5.32 Å². The fourth-order valence-electron chi connectivity index (χ4n) is 1.42. The summed E-state index contributed by atoms with van der Waals surface area (Å²) in [5.74, 6) is 0.957. The van der Waals surface area contributed by atoms with E-state index in [2.05, 4.69) is 31.3 Å². The van der Waals surface area contributed by atoms with Crippen molar-refractivity contribution in [3.63, 3.8) is 0 Å². The monoisotopic (exact) mass is 207 g/mol. The molecule has 1 aromatic rings. The Kier molecular flexibility index (Phi) is 5.19. The fourth-order valence-corrected chi connectivity index (χ4v) is 1.42. The van der Waals surface area contributed by atoms with E-state index in [0.717, 1.165) is 25.3 Å². The van der Waals surface area contributed by atoms with Crippen molar-refractivity contribution in [2.24, 2.45) is 0 Å². The molecule has 0 radical (unpaired) electrons. The van der Waals surface area contributed by atoms with E-state index in [9.17, 15) is 0 Å². The van der Waals surface area contributed by atoms with E-state index in [4.69, 9.17) is 4.74 Å². The van der Waals surface area contributed by atoms with E-state index >= 15 is 0 Å². The third-order valence-corrected chi connectivity index (χ3v) is 2.20. The summed E-state index contributed by atoms with van der Waals surface area (Å²) in [6.45, 7) is 8.09. The van der Waals surface area contributed by atoms with Crippen molar-refractivity contribution in [1.29, 1.82) is 0 Å². The minimum absolute atomic E-state index is 0.563. The van der Waals surface area contributed by atoms with Crippen molar-refractivity contribution >= 4 is 0 Å². The predicted molar refractivity (Wildman–Crippen MR) is 64.5 cm³/mol. The molecule has 0 aromatic heterocycles. The predicted octanol–water partition coefficient (Wildman–Crippen LogP) is 2.63. The van der Waals surface area contributed by atoms with E-state index in [1.807, 2.05) is 19.1 Å². The maximum Gasteiger partial charge on any atom is 0.119 e. The largest absolute Gasteiger partial charge is 0.494 e. The third kappa shape index (κ3) is 4.84. The lowest BCUT2D eigenvalue weighted by atomic mass is 10.1. The van der Waals surface area contributed by atoms with Crippen molar-refractivity contribution in [2.75, 3.05) is 13.2 Å². The minimum atomic E-state index is 0.563. The Morgan fingerprint density at radius 3 is 2.40 bits per heavy atom. The standard InChI is InChI=1S/C13H21NO/c1-4-15-13-7-5-12(6-8-13)9-10-14-11(2)3/h5-8,11,14H,4,9-10H2,1-3H3. The van der Waals surface area contributed by atoms with E-state index in [-0.39, 0.29) is 0 Å². The Morgan fingerprint density at radius 1 is 1.20 bits per heavy atom. The summed E-state index contributed by atoms with van der Waals surface area (Å²) in [5.41, 5.74) is 1.35. The average molecular weight is 207 g/mol. The molecule has 2 nitrogen and oxygen atoms in total. The Labute approximate surface area is 92.6 Å². The third-order valence-electron chi connectivity index (χ3n) is 2.20. The minimum Gasteiger partial charge on any atom is -0.494 e. The first-order valence-corrected chi connectivity index (χ1v) is 5.67. The number of benzene rings is 1. The summed E-state index contributed by atoms with van der Waals surface area (Å²) in [4.78, 5) is 0. The van der Waals surface area contributed by atoms with Crippen LogP contribution in [0, 0.1) is 0 Å². The second-order valence-electron chi connectivity index (χ2n) is 3.94. The second kappa shape index (κ2) is 6.46. The molecule has 0 spiro atoms. The quantitative estimate of drug-likeness (QED) is 0.774. The number of nitrogens with one attached hydrogen (secondary N) is 1.